The fraction of sp³-hybridized carbons (Fsp3) is 0.636. The summed E-state index contributed by atoms with van der Waals surface area (Å²) in [5.41, 5.74) is 5.88. The van der Waals surface area contributed by atoms with Crippen molar-refractivity contribution >= 4 is 0 Å². The predicted molar refractivity (Wildman–Crippen MR) is 56.1 cm³/mol. The summed E-state index contributed by atoms with van der Waals surface area (Å²) in [6.07, 6.45) is 1.01. The Morgan fingerprint density at radius 3 is 2.50 bits per heavy atom. The van der Waals surface area contributed by atoms with Crippen molar-refractivity contribution < 1.29 is 8.78 Å². The smallest absolute Gasteiger partial charge is 0.280 e. The van der Waals surface area contributed by atoms with Crippen LogP contribution < -0.4 is 5.73 Å². The first-order valence-corrected chi connectivity index (χ1v) is 5.44. The van der Waals surface area contributed by atoms with Gasteiger partial charge in [0.25, 0.3) is 6.43 Å². The number of hydrogen-bond donors (Lipinski definition) is 1. The van der Waals surface area contributed by atoms with Crippen molar-refractivity contribution in [2.24, 2.45) is 5.73 Å². The van der Waals surface area contributed by atoms with Gasteiger partial charge < -0.3 is 5.73 Å². The van der Waals surface area contributed by atoms with Gasteiger partial charge in [-0.15, -0.1) is 0 Å². The average Bonchev–Trinajstić information content (AvgIpc) is 2.65. The van der Waals surface area contributed by atoms with E-state index < -0.39 is 12.0 Å². The number of hydrogen-bond acceptors (Lipinski definition) is 3. The Morgan fingerprint density at radius 2 is 1.94 bits per heavy atom. The van der Waals surface area contributed by atoms with Crippen molar-refractivity contribution in [3.63, 3.8) is 0 Å². The summed E-state index contributed by atoms with van der Waals surface area (Å²) in [5.74, 6) is 0.375. The van der Waals surface area contributed by atoms with E-state index in [1.165, 1.54) is 6.07 Å². The number of halogens is 2. The lowest BCUT2D eigenvalue weighted by molar-refractivity contribution is 0.145. The molecule has 0 spiro atoms. The highest BCUT2D eigenvalue weighted by Crippen LogP contribution is 2.35. The van der Waals surface area contributed by atoms with Gasteiger partial charge in [-0.3, -0.25) is 0 Å². The lowest BCUT2D eigenvalue weighted by Gasteiger charge is -2.22. The second-order valence-corrected chi connectivity index (χ2v) is 4.42. The molecular weight excluding hydrogens is 212 g/mol. The molecule has 88 valence electrons. The molecule has 0 unspecified atom stereocenters. The second kappa shape index (κ2) is 4.05. The Bertz CT molecular complexity index is 387. The highest BCUT2D eigenvalue weighted by molar-refractivity contribution is 5.16. The highest BCUT2D eigenvalue weighted by Gasteiger charge is 2.34. The van der Waals surface area contributed by atoms with Crippen LogP contribution in [-0.2, 0) is 5.54 Å². The zero-order chi connectivity index (χ0) is 11.8. The van der Waals surface area contributed by atoms with Gasteiger partial charge in [-0.25, -0.2) is 18.7 Å². The average molecular weight is 227 g/mol. The minimum absolute atomic E-state index is 0.223. The number of alkyl halides is 2. The number of rotatable bonds is 2. The van der Waals surface area contributed by atoms with Crippen molar-refractivity contribution in [1.29, 1.82) is 0 Å². The number of nitrogens with zero attached hydrogens (tertiary/aromatic N) is 2. The van der Waals surface area contributed by atoms with Crippen LogP contribution in [-0.4, -0.2) is 9.97 Å². The van der Waals surface area contributed by atoms with E-state index in [2.05, 4.69) is 9.97 Å². The van der Waals surface area contributed by atoms with E-state index in [1.54, 1.807) is 6.92 Å². The summed E-state index contributed by atoms with van der Waals surface area (Å²) in [6.45, 7) is 1.69. The highest BCUT2D eigenvalue weighted by atomic mass is 19.3. The largest absolute Gasteiger partial charge is 0.319 e. The standard InChI is InChI=1S/C11H15F2N3/c1-7-6-8(9(12)13)16-10(15-7)11(14)4-2-3-5-11/h6,9H,2-5,14H2,1H3. The minimum Gasteiger partial charge on any atom is -0.319 e. The third-order valence-corrected chi connectivity index (χ3v) is 3.04. The van der Waals surface area contributed by atoms with Gasteiger partial charge in [-0.1, -0.05) is 12.8 Å². The van der Waals surface area contributed by atoms with E-state index in [1.807, 2.05) is 0 Å². The second-order valence-electron chi connectivity index (χ2n) is 4.42. The first-order chi connectivity index (χ1) is 7.51. The molecule has 0 saturated heterocycles. The van der Waals surface area contributed by atoms with Gasteiger partial charge in [0.2, 0.25) is 0 Å². The van der Waals surface area contributed by atoms with E-state index in [-0.39, 0.29) is 5.69 Å². The topological polar surface area (TPSA) is 51.8 Å². The third-order valence-electron chi connectivity index (χ3n) is 3.04. The SMILES string of the molecule is Cc1cc(C(F)F)nc(C2(N)CCCC2)n1. The molecular formula is C11H15F2N3. The molecule has 1 aliphatic carbocycles. The van der Waals surface area contributed by atoms with Crippen molar-refractivity contribution in [2.75, 3.05) is 0 Å². The lowest BCUT2D eigenvalue weighted by Crippen LogP contribution is -2.35. The fourth-order valence-corrected chi connectivity index (χ4v) is 2.16. The van der Waals surface area contributed by atoms with Gasteiger partial charge in [0, 0.05) is 5.69 Å². The summed E-state index contributed by atoms with van der Waals surface area (Å²) < 4.78 is 25.2. The Hall–Kier alpha value is -1.10. The molecule has 0 bridgehead atoms. The van der Waals surface area contributed by atoms with Crippen molar-refractivity contribution in [2.45, 2.75) is 44.6 Å². The molecule has 5 heteroatoms. The number of aryl methyl sites for hydroxylation is 1. The van der Waals surface area contributed by atoms with E-state index >= 15 is 0 Å². The summed E-state index contributed by atoms with van der Waals surface area (Å²) in [6, 6.07) is 1.31. The Kier molecular flexibility index (Phi) is 2.88. The van der Waals surface area contributed by atoms with Crippen LogP contribution in [0.3, 0.4) is 0 Å². The molecule has 1 saturated carbocycles. The Morgan fingerprint density at radius 1 is 1.31 bits per heavy atom. The van der Waals surface area contributed by atoms with Gasteiger partial charge >= 0.3 is 0 Å². The molecule has 1 heterocycles. The molecule has 1 aromatic heterocycles. The zero-order valence-corrected chi connectivity index (χ0v) is 9.21. The van der Waals surface area contributed by atoms with Crippen LogP contribution in [0.25, 0.3) is 0 Å². The van der Waals surface area contributed by atoms with Crippen LogP contribution in [0.15, 0.2) is 6.07 Å². The molecule has 0 amide bonds. The van der Waals surface area contributed by atoms with E-state index in [9.17, 15) is 8.78 Å². The number of aromatic nitrogens is 2. The fourth-order valence-electron chi connectivity index (χ4n) is 2.16. The lowest BCUT2D eigenvalue weighted by atomic mass is 9.98. The molecule has 0 aromatic carbocycles. The molecule has 3 nitrogen and oxygen atoms in total. The van der Waals surface area contributed by atoms with Crippen LogP contribution in [0.2, 0.25) is 0 Å². The molecule has 0 radical (unpaired) electrons. The van der Waals surface area contributed by atoms with E-state index in [0.717, 1.165) is 25.7 Å². The quantitative estimate of drug-likeness (QED) is 0.844. The summed E-state index contributed by atoms with van der Waals surface area (Å²) in [4.78, 5) is 8.10. The maximum absolute atomic E-state index is 12.6. The summed E-state index contributed by atoms with van der Waals surface area (Å²) >= 11 is 0. The van der Waals surface area contributed by atoms with Gasteiger partial charge in [0.1, 0.15) is 11.5 Å². The maximum Gasteiger partial charge on any atom is 0.280 e. The number of nitrogens with two attached hydrogens (primary N) is 1. The summed E-state index contributed by atoms with van der Waals surface area (Å²) in [5, 5.41) is 0. The van der Waals surface area contributed by atoms with E-state index in [0.29, 0.717) is 11.5 Å². The molecule has 2 rings (SSSR count). The minimum atomic E-state index is -2.56. The molecule has 1 aromatic rings. The van der Waals surface area contributed by atoms with Gasteiger partial charge in [-0.05, 0) is 25.8 Å². The first kappa shape index (κ1) is 11.4. The molecule has 1 fully saturated rings. The first-order valence-electron chi connectivity index (χ1n) is 5.44. The van der Waals surface area contributed by atoms with Crippen LogP contribution in [0.5, 0.6) is 0 Å². The normalized spacial score (nSPS) is 19.3. The van der Waals surface area contributed by atoms with Crippen LogP contribution in [0.4, 0.5) is 8.78 Å². The van der Waals surface area contributed by atoms with Crippen LogP contribution >= 0.6 is 0 Å². The zero-order valence-electron chi connectivity index (χ0n) is 9.21. The van der Waals surface area contributed by atoms with Gasteiger partial charge in [0.05, 0.1) is 5.54 Å². The van der Waals surface area contributed by atoms with Gasteiger partial charge in [0.15, 0.2) is 0 Å². The van der Waals surface area contributed by atoms with Crippen molar-refractivity contribution in [3.05, 3.63) is 23.3 Å². The Labute approximate surface area is 93.1 Å². The van der Waals surface area contributed by atoms with Crippen molar-refractivity contribution in [1.82, 2.24) is 9.97 Å². The monoisotopic (exact) mass is 227 g/mol. The van der Waals surface area contributed by atoms with Crippen molar-refractivity contribution in [3.8, 4) is 0 Å². The van der Waals surface area contributed by atoms with E-state index in [4.69, 9.17) is 5.73 Å². The Balaban J connectivity index is 2.40. The van der Waals surface area contributed by atoms with Crippen LogP contribution in [0.1, 0.15) is 49.3 Å². The molecule has 16 heavy (non-hydrogen) atoms. The molecule has 0 atom stereocenters. The summed E-state index contributed by atoms with van der Waals surface area (Å²) in [7, 11) is 0. The third kappa shape index (κ3) is 2.04. The molecule has 0 aliphatic heterocycles. The van der Waals surface area contributed by atoms with Crippen LogP contribution in [0, 0.1) is 6.92 Å². The van der Waals surface area contributed by atoms with Gasteiger partial charge in [-0.2, -0.15) is 0 Å². The molecule has 1 aliphatic rings. The molecule has 2 N–H and O–H groups in total. The maximum atomic E-state index is 12.6. The predicted octanol–water partition coefficient (Wildman–Crippen LogP) is 2.45.